The third-order valence-corrected chi connectivity index (χ3v) is 5.48. The van der Waals surface area contributed by atoms with E-state index in [1.807, 2.05) is 0 Å². The Labute approximate surface area is 198 Å². The molecule has 1 aliphatic rings. The number of hydrogen-bond acceptors (Lipinski definition) is 3. The zero-order valence-corrected chi connectivity index (χ0v) is 19.3. The number of hydrogen-bond donors (Lipinski definition) is 2. The first-order valence-electron chi connectivity index (χ1n) is 10.6. The third-order valence-electron chi connectivity index (χ3n) is 5.48. The fourth-order valence-electron chi connectivity index (χ4n) is 3.60. The zero-order chi connectivity index (χ0) is 26.6. The van der Waals surface area contributed by atoms with Crippen LogP contribution >= 0.6 is 0 Å². The van der Waals surface area contributed by atoms with Gasteiger partial charge >= 0.3 is 12.4 Å². The molecule has 1 heterocycles. The first kappa shape index (κ1) is 28.2. The Morgan fingerprint density at radius 3 is 2.26 bits per heavy atom. The van der Waals surface area contributed by atoms with E-state index in [4.69, 9.17) is 4.74 Å². The highest BCUT2D eigenvalue weighted by Gasteiger charge is 2.46. The summed E-state index contributed by atoms with van der Waals surface area (Å²) in [5.41, 5.74) is -4.10. The monoisotopic (exact) mass is 504 g/mol. The number of alkyl halides is 6. The van der Waals surface area contributed by atoms with Gasteiger partial charge in [0.15, 0.2) is 0 Å². The van der Waals surface area contributed by atoms with Crippen LogP contribution in [0.4, 0.5) is 26.3 Å². The molecule has 0 saturated carbocycles. The molecule has 1 fully saturated rings. The summed E-state index contributed by atoms with van der Waals surface area (Å²) >= 11 is 0. The lowest BCUT2D eigenvalue weighted by atomic mass is 9.88. The third kappa shape index (κ3) is 7.20. The van der Waals surface area contributed by atoms with Crippen LogP contribution in [0, 0.1) is 0 Å². The zero-order valence-electron chi connectivity index (χ0n) is 19.3. The van der Waals surface area contributed by atoms with Crippen LogP contribution < -0.4 is 10.6 Å². The second-order valence-electron chi connectivity index (χ2n) is 8.23. The topological polar surface area (TPSA) is 67.4 Å². The fourth-order valence-corrected chi connectivity index (χ4v) is 3.60. The molecule has 11 heteroatoms. The molecular formula is C24H26F6N2O3. The van der Waals surface area contributed by atoms with Crippen LogP contribution in [-0.2, 0) is 26.7 Å². The molecule has 1 aromatic carbocycles. The standard InChI is InChI=1S/C24H26F6N2O3/c1-5-6-7-8-14(2)22(12-20(21(34)32-22)31-16(4)33)13-35-15(3)17-9-18(23(25,26)27)11-19(10-17)24(28,29)30/h5-11,15,20H,2,12-13H2,1,3-4H3,(H,31,33)(H,32,34)/b6-5-,8-7-/t15-,20+,22-/m1/s1. The van der Waals surface area contributed by atoms with E-state index in [2.05, 4.69) is 17.2 Å². The largest absolute Gasteiger partial charge is 0.416 e. The number of halogens is 6. The van der Waals surface area contributed by atoms with Gasteiger partial charge in [-0.05, 0) is 43.2 Å². The van der Waals surface area contributed by atoms with Gasteiger partial charge < -0.3 is 15.4 Å². The van der Waals surface area contributed by atoms with Crippen molar-refractivity contribution < 1.29 is 40.7 Å². The molecule has 0 radical (unpaired) electrons. The quantitative estimate of drug-likeness (QED) is 0.375. The van der Waals surface area contributed by atoms with Gasteiger partial charge in [-0.2, -0.15) is 26.3 Å². The maximum Gasteiger partial charge on any atom is 0.416 e. The van der Waals surface area contributed by atoms with Crippen molar-refractivity contribution in [3.8, 4) is 0 Å². The molecule has 0 spiro atoms. The minimum absolute atomic E-state index is 0.0214. The Morgan fingerprint density at radius 2 is 1.77 bits per heavy atom. The van der Waals surface area contributed by atoms with Crippen molar-refractivity contribution in [1.29, 1.82) is 0 Å². The fraction of sp³-hybridized carbons (Fsp3) is 0.417. The molecule has 2 rings (SSSR count). The second kappa shape index (κ2) is 10.7. The van der Waals surface area contributed by atoms with Gasteiger partial charge in [-0.3, -0.25) is 9.59 Å². The number of ether oxygens (including phenoxy) is 1. The average molecular weight is 504 g/mol. The summed E-state index contributed by atoms with van der Waals surface area (Å²) in [6, 6.07) is 0.325. The highest BCUT2D eigenvalue weighted by molar-refractivity contribution is 5.90. The number of rotatable bonds is 8. The lowest BCUT2D eigenvalue weighted by Gasteiger charge is -2.31. The molecule has 0 aliphatic carbocycles. The first-order chi connectivity index (χ1) is 16.1. The van der Waals surface area contributed by atoms with Gasteiger partial charge in [0, 0.05) is 13.3 Å². The van der Waals surface area contributed by atoms with Gasteiger partial charge in [0.05, 0.1) is 29.4 Å². The number of nitrogens with one attached hydrogen (secondary N) is 2. The number of benzene rings is 1. The van der Waals surface area contributed by atoms with Crippen LogP contribution in [0.5, 0.6) is 0 Å². The smallest absolute Gasteiger partial charge is 0.371 e. The molecule has 1 aliphatic heterocycles. The second-order valence-corrected chi connectivity index (χ2v) is 8.23. The van der Waals surface area contributed by atoms with E-state index in [0.717, 1.165) is 0 Å². The molecule has 1 aromatic rings. The predicted molar refractivity (Wildman–Crippen MR) is 117 cm³/mol. The lowest BCUT2D eigenvalue weighted by Crippen LogP contribution is -2.47. The van der Waals surface area contributed by atoms with E-state index < -0.39 is 53.0 Å². The molecule has 0 unspecified atom stereocenters. The molecular weight excluding hydrogens is 478 g/mol. The highest BCUT2D eigenvalue weighted by Crippen LogP contribution is 2.38. The SMILES string of the molecule is C=C(/C=C\C=C/C)[C@]1(CO[C@H](C)c2cc(C(F)(F)F)cc(C(F)(F)F)c2)C[C@H](NC(C)=O)C(=O)N1. The van der Waals surface area contributed by atoms with Gasteiger partial charge in [-0.25, -0.2) is 0 Å². The molecule has 2 amide bonds. The Kier molecular flexibility index (Phi) is 8.59. The molecule has 192 valence electrons. The van der Waals surface area contributed by atoms with E-state index in [-0.39, 0.29) is 24.7 Å². The van der Waals surface area contributed by atoms with Crippen LogP contribution in [0.2, 0.25) is 0 Å². The van der Waals surface area contributed by atoms with Crippen molar-refractivity contribution >= 4 is 11.8 Å². The molecule has 0 bridgehead atoms. The average Bonchev–Trinajstić information content (AvgIpc) is 3.06. The molecule has 3 atom stereocenters. The van der Waals surface area contributed by atoms with E-state index >= 15 is 0 Å². The normalized spacial score (nSPS) is 22.0. The summed E-state index contributed by atoms with van der Waals surface area (Å²) in [5, 5.41) is 5.21. The predicted octanol–water partition coefficient (Wildman–Crippen LogP) is 5.25. The molecule has 1 saturated heterocycles. The number of allylic oxidation sites excluding steroid dienone is 3. The van der Waals surface area contributed by atoms with Crippen molar-refractivity contribution in [3.05, 3.63) is 71.3 Å². The minimum atomic E-state index is -4.99. The Morgan fingerprint density at radius 1 is 1.20 bits per heavy atom. The van der Waals surface area contributed by atoms with Gasteiger partial charge in [0.2, 0.25) is 11.8 Å². The lowest BCUT2D eigenvalue weighted by molar-refractivity contribution is -0.143. The van der Waals surface area contributed by atoms with Crippen molar-refractivity contribution in [2.75, 3.05) is 6.61 Å². The van der Waals surface area contributed by atoms with E-state index in [1.165, 1.54) is 13.8 Å². The van der Waals surface area contributed by atoms with Crippen molar-refractivity contribution in [3.63, 3.8) is 0 Å². The summed E-state index contributed by atoms with van der Waals surface area (Å²) in [4.78, 5) is 23.9. The van der Waals surface area contributed by atoms with Crippen LogP contribution in [0.25, 0.3) is 0 Å². The number of amides is 2. The Hall–Kier alpha value is -3.08. The van der Waals surface area contributed by atoms with E-state index in [0.29, 0.717) is 17.7 Å². The summed E-state index contributed by atoms with van der Waals surface area (Å²) in [6.07, 6.45) is -4.47. The summed E-state index contributed by atoms with van der Waals surface area (Å²) in [5.74, 6) is -0.968. The summed E-state index contributed by atoms with van der Waals surface area (Å²) in [6.45, 7) is 7.96. The van der Waals surface area contributed by atoms with Crippen LogP contribution in [0.1, 0.15) is 50.0 Å². The van der Waals surface area contributed by atoms with E-state index in [9.17, 15) is 35.9 Å². The summed E-state index contributed by atoms with van der Waals surface area (Å²) in [7, 11) is 0. The Balaban J connectivity index is 2.37. The number of carbonyl (C=O) groups is 2. The van der Waals surface area contributed by atoms with Gasteiger partial charge in [-0.1, -0.05) is 30.9 Å². The Bertz CT molecular complexity index is 997. The van der Waals surface area contributed by atoms with Gasteiger partial charge in [0.25, 0.3) is 0 Å². The first-order valence-corrected chi connectivity index (χ1v) is 10.6. The van der Waals surface area contributed by atoms with Crippen LogP contribution in [-0.4, -0.2) is 30.0 Å². The molecule has 2 N–H and O–H groups in total. The summed E-state index contributed by atoms with van der Waals surface area (Å²) < 4.78 is 85.0. The maximum atomic E-state index is 13.2. The number of carbonyl (C=O) groups excluding carboxylic acids is 2. The van der Waals surface area contributed by atoms with E-state index in [1.54, 1.807) is 31.2 Å². The minimum Gasteiger partial charge on any atom is -0.371 e. The molecule has 5 nitrogen and oxygen atoms in total. The van der Waals surface area contributed by atoms with Crippen LogP contribution in [0.3, 0.4) is 0 Å². The maximum absolute atomic E-state index is 13.2. The van der Waals surface area contributed by atoms with Crippen molar-refractivity contribution in [1.82, 2.24) is 10.6 Å². The van der Waals surface area contributed by atoms with Crippen molar-refractivity contribution in [2.45, 2.75) is 57.2 Å². The van der Waals surface area contributed by atoms with Gasteiger partial charge in [0.1, 0.15) is 6.04 Å². The van der Waals surface area contributed by atoms with Crippen molar-refractivity contribution in [2.24, 2.45) is 0 Å². The highest BCUT2D eigenvalue weighted by atomic mass is 19.4. The van der Waals surface area contributed by atoms with Crippen LogP contribution in [0.15, 0.2) is 54.7 Å². The van der Waals surface area contributed by atoms with Gasteiger partial charge in [-0.15, -0.1) is 0 Å². The molecule has 35 heavy (non-hydrogen) atoms. The molecule has 0 aromatic heterocycles.